The second-order valence-corrected chi connectivity index (χ2v) is 9.46. The first-order valence-corrected chi connectivity index (χ1v) is 12.3. The highest BCUT2D eigenvalue weighted by Gasteiger charge is 2.25. The molecule has 1 aromatic carbocycles. The molecule has 0 spiro atoms. The topological polar surface area (TPSA) is 90.9 Å². The minimum atomic E-state index is -0.0255. The zero-order valence-corrected chi connectivity index (χ0v) is 20.8. The Hall–Kier alpha value is -4.25. The Bertz CT molecular complexity index is 1450. The first-order valence-electron chi connectivity index (χ1n) is 12.3. The van der Waals surface area contributed by atoms with E-state index in [9.17, 15) is 10.1 Å². The molecule has 0 atom stereocenters. The summed E-state index contributed by atoms with van der Waals surface area (Å²) >= 11 is 0. The van der Waals surface area contributed by atoms with Gasteiger partial charge in [-0.2, -0.15) is 10.4 Å². The molecule has 8 nitrogen and oxygen atoms in total. The molecule has 1 aliphatic heterocycles. The van der Waals surface area contributed by atoms with Crippen LogP contribution in [0.25, 0.3) is 22.3 Å². The average molecular weight is 480 g/mol. The molecule has 0 unspecified atom stereocenters. The second kappa shape index (κ2) is 9.78. The summed E-state index contributed by atoms with van der Waals surface area (Å²) in [5.74, 6) is 0.655. The van der Waals surface area contributed by atoms with E-state index in [2.05, 4.69) is 54.0 Å². The molecule has 0 bridgehead atoms. The molecule has 3 aromatic heterocycles. The van der Waals surface area contributed by atoms with Gasteiger partial charge in [0.15, 0.2) is 5.65 Å². The van der Waals surface area contributed by atoms with Gasteiger partial charge in [-0.25, -0.2) is 14.6 Å². The number of benzene rings is 1. The number of nitriles is 1. The van der Waals surface area contributed by atoms with Crippen molar-refractivity contribution in [2.45, 2.75) is 33.2 Å². The van der Waals surface area contributed by atoms with Crippen molar-refractivity contribution in [3.05, 3.63) is 71.5 Å². The fourth-order valence-electron chi connectivity index (χ4n) is 4.68. The Kier molecular flexibility index (Phi) is 6.38. The number of nitrogens with zero attached hydrogens (tertiary/aromatic N) is 7. The molecular formula is C28H29N7O. The number of carbonyl (C=O) groups excluding carboxylic acids is 1. The van der Waals surface area contributed by atoms with Crippen molar-refractivity contribution in [3.8, 4) is 17.3 Å². The average Bonchev–Trinajstić information content (AvgIpc) is 3.18. The number of amides is 1. The van der Waals surface area contributed by atoms with Gasteiger partial charge in [-0.1, -0.05) is 29.8 Å². The van der Waals surface area contributed by atoms with Crippen LogP contribution in [0.1, 0.15) is 47.8 Å². The number of carbonyl (C=O) groups is 1. The predicted octanol–water partition coefficient (Wildman–Crippen LogP) is 4.61. The number of hydrogen-bond acceptors (Lipinski definition) is 6. The van der Waals surface area contributed by atoms with Crippen LogP contribution in [0.15, 0.2) is 54.9 Å². The van der Waals surface area contributed by atoms with E-state index in [1.54, 1.807) is 24.5 Å². The number of rotatable bonds is 4. The van der Waals surface area contributed by atoms with Crippen LogP contribution in [-0.2, 0) is 0 Å². The second-order valence-electron chi connectivity index (χ2n) is 9.46. The van der Waals surface area contributed by atoms with E-state index in [-0.39, 0.29) is 11.9 Å². The highest BCUT2D eigenvalue weighted by atomic mass is 16.2. The van der Waals surface area contributed by atoms with Gasteiger partial charge in [0.25, 0.3) is 5.91 Å². The molecule has 5 rings (SSSR count). The van der Waals surface area contributed by atoms with Crippen molar-refractivity contribution in [1.82, 2.24) is 24.6 Å². The number of anilines is 1. The molecule has 0 radical (unpaired) electrons. The van der Waals surface area contributed by atoms with Crippen molar-refractivity contribution < 1.29 is 4.79 Å². The molecule has 4 heterocycles. The molecule has 0 aliphatic carbocycles. The van der Waals surface area contributed by atoms with Crippen LogP contribution in [0.4, 0.5) is 5.82 Å². The minimum absolute atomic E-state index is 0.0255. The molecule has 1 amide bonds. The van der Waals surface area contributed by atoms with Gasteiger partial charge in [-0.05, 0) is 45.4 Å². The van der Waals surface area contributed by atoms with Gasteiger partial charge in [0.1, 0.15) is 11.9 Å². The van der Waals surface area contributed by atoms with Gasteiger partial charge < -0.3 is 9.80 Å². The zero-order valence-electron chi connectivity index (χ0n) is 20.8. The molecular weight excluding hydrogens is 450 g/mol. The molecule has 182 valence electrons. The SMILES string of the molecule is Cc1ccc(-c2cc(C(=O)N3CCCN(c4ncccc4C#N)CC3)c3cnn(C(C)C)c3n2)cc1. The van der Waals surface area contributed by atoms with Crippen molar-refractivity contribution in [3.63, 3.8) is 0 Å². The molecule has 1 saturated heterocycles. The minimum Gasteiger partial charge on any atom is -0.354 e. The van der Waals surface area contributed by atoms with Gasteiger partial charge in [0.05, 0.1) is 28.4 Å². The summed E-state index contributed by atoms with van der Waals surface area (Å²) < 4.78 is 1.87. The van der Waals surface area contributed by atoms with Crippen LogP contribution < -0.4 is 4.90 Å². The largest absolute Gasteiger partial charge is 0.354 e. The van der Waals surface area contributed by atoms with Crippen LogP contribution in [-0.4, -0.2) is 56.7 Å². The number of pyridine rings is 2. The third kappa shape index (κ3) is 4.40. The monoisotopic (exact) mass is 479 g/mol. The van der Waals surface area contributed by atoms with Crippen molar-refractivity contribution >= 4 is 22.8 Å². The molecule has 4 aromatic rings. The summed E-state index contributed by atoms with van der Waals surface area (Å²) in [6.07, 6.45) is 4.25. The van der Waals surface area contributed by atoms with Crippen molar-refractivity contribution in [1.29, 1.82) is 5.26 Å². The van der Waals surface area contributed by atoms with Crippen molar-refractivity contribution in [2.75, 3.05) is 31.1 Å². The van der Waals surface area contributed by atoms with Gasteiger partial charge in [0.2, 0.25) is 0 Å². The van der Waals surface area contributed by atoms with E-state index in [1.807, 2.05) is 27.8 Å². The van der Waals surface area contributed by atoms with Crippen LogP contribution in [0, 0.1) is 18.3 Å². The normalized spacial score (nSPS) is 14.2. The maximum absolute atomic E-state index is 13.9. The number of fused-ring (bicyclic) bond motifs is 1. The Balaban J connectivity index is 1.49. The zero-order chi connectivity index (χ0) is 25.2. The van der Waals surface area contributed by atoms with Gasteiger partial charge in [-0.15, -0.1) is 0 Å². The fraction of sp³-hybridized carbons (Fsp3) is 0.321. The third-order valence-electron chi connectivity index (χ3n) is 6.62. The Morgan fingerprint density at radius 2 is 1.89 bits per heavy atom. The first kappa shape index (κ1) is 23.5. The Morgan fingerprint density at radius 3 is 2.64 bits per heavy atom. The van der Waals surface area contributed by atoms with Crippen LogP contribution in [0.2, 0.25) is 0 Å². The molecule has 1 fully saturated rings. The highest BCUT2D eigenvalue weighted by molar-refractivity contribution is 6.06. The quantitative estimate of drug-likeness (QED) is 0.425. The third-order valence-corrected chi connectivity index (χ3v) is 6.62. The van der Waals surface area contributed by atoms with Gasteiger partial charge in [-0.3, -0.25) is 4.79 Å². The highest BCUT2D eigenvalue weighted by Crippen LogP contribution is 2.28. The standard InChI is InChI=1S/C28H29N7O/c1-19(2)35-27-24(18-31-35)23(16-25(32-27)21-9-7-20(3)8-10-21)28(36)34-13-5-12-33(14-15-34)26-22(17-29)6-4-11-30-26/h4,6-11,16,18-19H,5,12-15H2,1-3H3. The molecule has 1 aliphatic rings. The lowest BCUT2D eigenvalue weighted by atomic mass is 10.0. The molecule has 36 heavy (non-hydrogen) atoms. The number of aromatic nitrogens is 4. The van der Waals surface area contributed by atoms with Crippen LogP contribution in [0.3, 0.4) is 0 Å². The van der Waals surface area contributed by atoms with E-state index >= 15 is 0 Å². The summed E-state index contributed by atoms with van der Waals surface area (Å²) in [7, 11) is 0. The number of hydrogen-bond donors (Lipinski definition) is 0. The van der Waals surface area contributed by atoms with Gasteiger partial charge >= 0.3 is 0 Å². The maximum Gasteiger partial charge on any atom is 0.254 e. The first-order chi connectivity index (χ1) is 17.5. The predicted molar refractivity (Wildman–Crippen MR) is 140 cm³/mol. The summed E-state index contributed by atoms with van der Waals surface area (Å²) in [6.45, 7) is 8.70. The van der Waals surface area contributed by atoms with Crippen LogP contribution in [0.5, 0.6) is 0 Å². The summed E-state index contributed by atoms with van der Waals surface area (Å²) in [5.41, 5.74) is 4.79. The lowest BCUT2D eigenvalue weighted by molar-refractivity contribution is 0.0769. The lowest BCUT2D eigenvalue weighted by Crippen LogP contribution is -2.35. The lowest BCUT2D eigenvalue weighted by Gasteiger charge is -2.23. The molecule has 0 N–H and O–H groups in total. The van der Waals surface area contributed by atoms with Crippen molar-refractivity contribution in [2.24, 2.45) is 0 Å². The van der Waals surface area contributed by atoms with E-state index < -0.39 is 0 Å². The smallest absolute Gasteiger partial charge is 0.254 e. The van der Waals surface area contributed by atoms with Crippen LogP contribution >= 0.6 is 0 Å². The summed E-state index contributed by atoms with van der Waals surface area (Å²) in [5, 5.41) is 14.8. The summed E-state index contributed by atoms with van der Waals surface area (Å²) in [4.78, 5) is 27.3. The van der Waals surface area contributed by atoms with E-state index in [4.69, 9.17) is 4.98 Å². The van der Waals surface area contributed by atoms with Gasteiger partial charge in [0, 0.05) is 44.0 Å². The molecule has 8 heteroatoms. The molecule has 0 saturated carbocycles. The fourth-order valence-corrected chi connectivity index (χ4v) is 4.68. The number of aryl methyl sites for hydroxylation is 1. The summed E-state index contributed by atoms with van der Waals surface area (Å²) in [6, 6.07) is 16.0. The maximum atomic E-state index is 13.9. The van der Waals surface area contributed by atoms with E-state index in [1.165, 1.54) is 5.56 Å². The van der Waals surface area contributed by atoms with E-state index in [0.717, 1.165) is 35.3 Å². The Labute approximate surface area is 210 Å². The Morgan fingerprint density at radius 1 is 1.08 bits per heavy atom. The van der Waals surface area contributed by atoms with E-state index in [0.29, 0.717) is 36.6 Å².